The van der Waals surface area contributed by atoms with Crippen LogP contribution in [0.25, 0.3) is 0 Å². The van der Waals surface area contributed by atoms with Gasteiger partial charge in [0.2, 0.25) is 0 Å². The number of ether oxygens (including phenoxy) is 6. The maximum absolute atomic E-state index is 5.68. The minimum Gasteiger partial charge on any atom is -0.379 e. The van der Waals surface area contributed by atoms with Gasteiger partial charge in [-0.3, -0.25) is 0 Å². The van der Waals surface area contributed by atoms with Crippen molar-refractivity contribution in [2.45, 2.75) is 162 Å². The Morgan fingerprint density at radius 2 is 0.349 bits per heavy atom. The first kappa shape index (κ1) is 42.8. The van der Waals surface area contributed by atoms with Crippen molar-refractivity contribution in [2.24, 2.45) is 0 Å². The Kier molecular flexibility index (Phi) is 41.5. The Labute approximate surface area is 269 Å². The van der Waals surface area contributed by atoms with Gasteiger partial charge in [0.15, 0.2) is 0 Å². The monoisotopic (exact) mass is 617 g/mol. The lowest BCUT2D eigenvalue weighted by atomic mass is 10.0. The fourth-order valence-corrected chi connectivity index (χ4v) is 5.12. The topological polar surface area (TPSA) is 55.4 Å². The van der Waals surface area contributed by atoms with Gasteiger partial charge < -0.3 is 28.4 Å². The molecule has 0 aromatic rings. The van der Waals surface area contributed by atoms with Gasteiger partial charge in [0.05, 0.1) is 66.1 Å². The van der Waals surface area contributed by atoms with Crippen LogP contribution in [0.5, 0.6) is 0 Å². The zero-order valence-corrected chi connectivity index (χ0v) is 29.2. The zero-order chi connectivity index (χ0) is 31.0. The number of hydrogen-bond acceptors (Lipinski definition) is 6. The summed E-state index contributed by atoms with van der Waals surface area (Å²) in [6.07, 6.45) is 31.5. The molecule has 6 heteroatoms. The second kappa shape index (κ2) is 41.8. The first-order valence-electron chi connectivity index (χ1n) is 18.9. The Bertz CT molecular complexity index is 424. The fraction of sp³-hybridized carbons (Fsp3) is 1.00. The number of rotatable bonds is 40. The van der Waals surface area contributed by atoms with Gasteiger partial charge in [-0.25, -0.2) is 0 Å². The van der Waals surface area contributed by atoms with Crippen molar-refractivity contribution >= 4 is 0 Å². The van der Waals surface area contributed by atoms with Crippen molar-refractivity contribution in [3.05, 3.63) is 0 Å². The Morgan fingerprint density at radius 1 is 0.186 bits per heavy atom. The highest BCUT2D eigenvalue weighted by Crippen LogP contribution is 2.13. The first-order valence-corrected chi connectivity index (χ1v) is 18.9. The summed E-state index contributed by atoms with van der Waals surface area (Å²) < 4.78 is 33.6. The third-order valence-electron chi connectivity index (χ3n) is 7.89. The molecule has 0 aliphatic carbocycles. The Hall–Kier alpha value is -0.240. The average molecular weight is 617 g/mol. The summed E-state index contributed by atoms with van der Waals surface area (Å²) >= 11 is 0. The Morgan fingerprint density at radius 3 is 0.558 bits per heavy atom. The van der Waals surface area contributed by atoms with E-state index in [1.54, 1.807) is 0 Å². The van der Waals surface area contributed by atoms with Gasteiger partial charge in [0, 0.05) is 13.2 Å². The van der Waals surface area contributed by atoms with E-state index in [0.29, 0.717) is 66.1 Å². The molecule has 0 aliphatic rings. The summed E-state index contributed by atoms with van der Waals surface area (Å²) in [6.45, 7) is 12.4. The summed E-state index contributed by atoms with van der Waals surface area (Å²) in [5.74, 6) is 0. The minimum atomic E-state index is 0.584. The molecule has 0 fully saturated rings. The van der Waals surface area contributed by atoms with Crippen LogP contribution in [0, 0.1) is 0 Å². The van der Waals surface area contributed by atoms with E-state index in [1.807, 2.05) is 0 Å². The third kappa shape index (κ3) is 41.8. The molecule has 0 rings (SSSR count). The molecule has 0 spiro atoms. The van der Waals surface area contributed by atoms with Gasteiger partial charge in [-0.1, -0.05) is 149 Å². The van der Waals surface area contributed by atoms with E-state index >= 15 is 0 Å². The van der Waals surface area contributed by atoms with E-state index in [4.69, 9.17) is 28.4 Å². The highest BCUT2D eigenvalue weighted by molar-refractivity contribution is 4.50. The van der Waals surface area contributed by atoms with Gasteiger partial charge in [0.1, 0.15) is 0 Å². The van der Waals surface area contributed by atoms with Crippen LogP contribution in [0.1, 0.15) is 162 Å². The van der Waals surface area contributed by atoms with Crippen LogP contribution in [0.3, 0.4) is 0 Å². The standard InChI is InChI=1S/C37H76O6/c1-3-5-7-9-11-13-15-16-17-19-21-23-25-27-39-29-31-41-33-35-43-37-36-42-34-32-40-30-28-38-26-24-22-20-18-14-12-10-8-6-4-2/h3-37H2,1-2H3. The predicted octanol–water partition coefficient (Wildman–Crippen LogP) is 10.1. The van der Waals surface area contributed by atoms with E-state index in [2.05, 4.69) is 13.8 Å². The van der Waals surface area contributed by atoms with Crippen LogP contribution < -0.4 is 0 Å². The van der Waals surface area contributed by atoms with Crippen LogP contribution >= 0.6 is 0 Å². The summed E-state index contributed by atoms with van der Waals surface area (Å²) in [5, 5.41) is 0. The molecule has 43 heavy (non-hydrogen) atoms. The zero-order valence-electron chi connectivity index (χ0n) is 29.2. The van der Waals surface area contributed by atoms with Gasteiger partial charge in [-0.05, 0) is 12.8 Å². The highest BCUT2D eigenvalue weighted by Gasteiger charge is 1.97. The van der Waals surface area contributed by atoms with E-state index in [-0.39, 0.29) is 0 Å². The molecule has 0 unspecified atom stereocenters. The summed E-state index contributed by atoms with van der Waals surface area (Å²) in [5.41, 5.74) is 0. The van der Waals surface area contributed by atoms with Gasteiger partial charge in [-0.15, -0.1) is 0 Å². The van der Waals surface area contributed by atoms with E-state index in [9.17, 15) is 0 Å². The van der Waals surface area contributed by atoms with Crippen molar-refractivity contribution in [3.8, 4) is 0 Å². The number of hydrogen-bond donors (Lipinski definition) is 0. The molecule has 0 amide bonds. The van der Waals surface area contributed by atoms with Crippen molar-refractivity contribution in [1.29, 1.82) is 0 Å². The molecule has 0 saturated heterocycles. The molecule has 0 aromatic heterocycles. The van der Waals surface area contributed by atoms with E-state index in [0.717, 1.165) is 19.6 Å². The molecule has 0 aliphatic heterocycles. The smallest absolute Gasteiger partial charge is 0.0701 e. The largest absolute Gasteiger partial charge is 0.379 e. The Balaban J connectivity index is 3.02. The maximum atomic E-state index is 5.68. The summed E-state index contributed by atoms with van der Waals surface area (Å²) in [6, 6.07) is 0. The first-order chi connectivity index (χ1) is 21.4. The second-order valence-electron chi connectivity index (χ2n) is 12.1. The van der Waals surface area contributed by atoms with Gasteiger partial charge in [-0.2, -0.15) is 0 Å². The molecule has 6 nitrogen and oxygen atoms in total. The lowest BCUT2D eigenvalue weighted by Gasteiger charge is -2.08. The van der Waals surface area contributed by atoms with Crippen molar-refractivity contribution in [1.82, 2.24) is 0 Å². The molecule has 0 heterocycles. The molecular weight excluding hydrogens is 540 g/mol. The van der Waals surface area contributed by atoms with Crippen LogP contribution in [-0.4, -0.2) is 79.3 Å². The van der Waals surface area contributed by atoms with Crippen molar-refractivity contribution in [2.75, 3.05) is 79.3 Å². The summed E-state index contributed by atoms with van der Waals surface area (Å²) in [4.78, 5) is 0. The van der Waals surface area contributed by atoms with Crippen LogP contribution in [-0.2, 0) is 28.4 Å². The third-order valence-corrected chi connectivity index (χ3v) is 7.89. The molecule has 0 N–H and O–H groups in total. The summed E-state index contributed by atoms with van der Waals surface area (Å²) in [7, 11) is 0. The molecule has 0 atom stereocenters. The second-order valence-corrected chi connectivity index (χ2v) is 12.1. The fourth-order valence-electron chi connectivity index (χ4n) is 5.12. The molecule has 0 aromatic carbocycles. The number of unbranched alkanes of at least 4 members (excludes halogenated alkanes) is 21. The molecule has 0 saturated carbocycles. The minimum absolute atomic E-state index is 0.584. The molecule has 0 radical (unpaired) electrons. The molecular formula is C37H76O6. The van der Waals surface area contributed by atoms with E-state index in [1.165, 1.54) is 141 Å². The van der Waals surface area contributed by atoms with Crippen LogP contribution in [0.2, 0.25) is 0 Å². The maximum Gasteiger partial charge on any atom is 0.0701 e. The molecule has 0 bridgehead atoms. The lowest BCUT2D eigenvalue weighted by Crippen LogP contribution is -2.14. The van der Waals surface area contributed by atoms with Crippen molar-refractivity contribution in [3.63, 3.8) is 0 Å². The van der Waals surface area contributed by atoms with Gasteiger partial charge in [0.25, 0.3) is 0 Å². The van der Waals surface area contributed by atoms with Crippen LogP contribution in [0.4, 0.5) is 0 Å². The lowest BCUT2D eigenvalue weighted by molar-refractivity contribution is -0.0169. The van der Waals surface area contributed by atoms with E-state index < -0.39 is 0 Å². The average Bonchev–Trinajstić information content (AvgIpc) is 3.02. The molecule has 260 valence electrons. The highest BCUT2D eigenvalue weighted by atomic mass is 16.6. The predicted molar refractivity (Wildman–Crippen MR) is 182 cm³/mol. The van der Waals surface area contributed by atoms with Crippen molar-refractivity contribution < 1.29 is 28.4 Å². The van der Waals surface area contributed by atoms with Crippen LogP contribution in [0.15, 0.2) is 0 Å². The quantitative estimate of drug-likeness (QED) is 0.0639. The van der Waals surface area contributed by atoms with Gasteiger partial charge >= 0.3 is 0 Å². The SMILES string of the molecule is CCCCCCCCCCCCCCCOCCOCCOCCOCCOCCOCCCCCCCCCCCC. The normalized spacial score (nSPS) is 11.6.